The number of benzene rings is 3. The van der Waals surface area contributed by atoms with E-state index in [1.54, 1.807) is 27.1 Å². The molecule has 0 spiro atoms. The minimum absolute atomic E-state index is 0.0167. The lowest BCUT2D eigenvalue weighted by Crippen LogP contribution is -2.50. The fraction of sp³-hybridized carbons (Fsp3) is 0.306. The van der Waals surface area contributed by atoms with E-state index >= 15 is 0 Å². The molecule has 0 unspecified atom stereocenters. The van der Waals surface area contributed by atoms with Crippen molar-refractivity contribution in [1.29, 1.82) is 0 Å². The number of hydrogen-bond acceptors (Lipinski definition) is 7. The number of amides is 2. The molecule has 0 saturated heterocycles. The largest absolute Gasteiger partial charge is 0.469 e. The van der Waals surface area contributed by atoms with Crippen molar-refractivity contribution in [2.75, 3.05) is 13.7 Å². The molecule has 0 bridgehead atoms. The number of nitrogens with zero attached hydrogens (tertiary/aromatic N) is 2. The van der Waals surface area contributed by atoms with Crippen molar-refractivity contribution in [3.8, 4) is 0 Å². The van der Waals surface area contributed by atoms with E-state index in [4.69, 9.17) is 4.74 Å². The quantitative estimate of drug-likeness (QED) is 0.162. The van der Waals surface area contributed by atoms with E-state index in [0.717, 1.165) is 16.7 Å². The number of ether oxygens (including phenoxy) is 2. The Bertz CT molecular complexity index is 1520. The first-order chi connectivity index (χ1) is 22.0. The van der Waals surface area contributed by atoms with Gasteiger partial charge >= 0.3 is 12.1 Å². The van der Waals surface area contributed by atoms with Crippen LogP contribution in [-0.2, 0) is 35.8 Å². The van der Waals surface area contributed by atoms with Crippen LogP contribution in [-0.4, -0.2) is 58.6 Å². The van der Waals surface area contributed by atoms with Crippen LogP contribution in [0.4, 0.5) is 4.79 Å². The number of carbonyl (C=O) groups excluding carboxylic acids is 4. The monoisotopic (exact) mass is 624 g/mol. The summed E-state index contributed by atoms with van der Waals surface area (Å²) >= 11 is 0. The summed E-state index contributed by atoms with van der Waals surface area (Å²) in [5.41, 5.74) is 1.93. The second kappa shape index (κ2) is 15.2. The molecule has 4 aromatic rings. The third-order valence-corrected chi connectivity index (χ3v) is 7.31. The van der Waals surface area contributed by atoms with Crippen LogP contribution in [0.25, 0.3) is 0 Å². The zero-order chi connectivity index (χ0) is 33.2. The molecule has 0 aliphatic heterocycles. The van der Waals surface area contributed by atoms with E-state index in [2.05, 4.69) is 56.8 Å². The molecule has 2 amide bonds. The van der Waals surface area contributed by atoms with Crippen LogP contribution >= 0.6 is 0 Å². The first-order valence-corrected chi connectivity index (χ1v) is 15.1. The summed E-state index contributed by atoms with van der Waals surface area (Å²) in [5.74, 6) is -1.46. The highest BCUT2D eigenvalue weighted by Crippen LogP contribution is 2.40. The van der Waals surface area contributed by atoms with Gasteiger partial charge in [-0.1, -0.05) is 91.0 Å². The summed E-state index contributed by atoms with van der Waals surface area (Å²) in [7, 11) is 1.24. The Morgan fingerprint density at radius 3 is 1.80 bits per heavy atom. The maximum atomic E-state index is 13.4. The van der Waals surface area contributed by atoms with Gasteiger partial charge in [0.15, 0.2) is 5.78 Å². The number of rotatable bonds is 13. The van der Waals surface area contributed by atoms with Gasteiger partial charge < -0.3 is 24.7 Å². The van der Waals surface area contributed by atoms with Crippen molar-refractivity contribution < 1.29 is 28.7 Å². The number of esters is 1. The summed E-state index contributed by atoms with van der Waals surface area (Å²) in [6.45, 7) is 4.86. The van der Waals surface area contributed by atoms with Crippen LogP contribution in [0, 0.1) is 0 Å². The molecule has 2 N–H and O–H groups in total. The van der Waals surface area contributed by atoms with Crippen molar-refractivity contribution >= 4 is 23.8 Å². The Morgan fingerprint density at radius 2 is 1.33 bits per heavy atom. The Balaban J connectivity index is 1.68. The highest BCUT2D eigenvalue weighted by Gasteiger charge is 2.38. The van der Waals surface area contributed by atoms with Crippen LogP contribution in [0.3, 0.4) is 0 Å². The van der Waals surface area contributed by atoms with Crippen LogP contribution in [0.1, 0.15) is 56.0 Å². The zero-order valence-electron chi connectivity index (χ0n) is 26.6. The van der Waals surface area contributed by atoms with Crippen molar-refractivity contribution in [3.05, 3.63) is 126 Å². The molecule has 10 heteroatoms. The van der Waals surface area contributed by atoms with Gasteiger partial charge in [-0.3, -0.25) is 14.4 Å². The summed E-state index contributed by atoms with van der Waals surface area (Å²) in [6, 6.07) is 29.1. The molecule has 240 valence electrons. The maximum absolute atomic E-state index is 13.4. The molecule has 1 aromatic heterocycles. The molecule has 0 saturated carbocycles. The number of nitrogens with one attached hydrogen (secondary N) is 2. The number of aromatic nitrogens is 2. The lowest BCUT2D eigenvalue weighted by atomic mass is 9.77. The molecule has 10 nitrogen and oxygen atoms in total. The third-order valence-electron chi connectivity index (χ3n) is 7.31. The standard InChI is InChI=1S/C36H40N4O6/c1-35(2,3)46-34(44)39-31(33(43)37-23-30(41)20-21-32(42)45-4)22-29-24-40(25-38-29)36(26-14-8-5-9-15-26,27-16-10-6-11-17-27)28-18-12-7-13-19-28/h5-19,24-25,31H,20-23H2,1-4H3,(H,37,43)(H,39,44)/t31-/m0/s1. The molecule has 0 fully saturated rings. The van der Waals surface area contributed by atoms with E-state index in [1.165, 1.54) is 7.11 Å². The fourth-order valence-corrected chi connectivity index (χ4v) is 5.25. The lowest BCUT2D eigenvalue weighted by Gasteiger charge is -2.37. The van der Waals surface area contributed by atoms with Gasteiger partial charge in [-0.15, -0.1) is 0 Å². The van der Waals surface area contributed by atoms with Gasteiger partial charge in [0.25, 0.3) is 0 Å². The highest BCUT2D eigenvalue weighted by atomic mass is 16.6. The molecule has 0 aliphatic carbocycles. The summed E-state index contributed by atoms with van der Waals surface area (Å²) in [5, 5.41) is 5.22. The normalized spacial score (nSPS) is 12.1. The van der Waals surface area contributed by atoms with Crippen LogP contribution in [0.5, 0.6) is 0 Å². The van der Waals surface area contributed by atoms with E-state index in [9.17, 15) is 19.2 Å². The Labute approximate surface area is 269 Å². The smallest absolute Gasteiger partial charge is 0.408 e. The molecule has 46 heavy (non-hydrogen) atoms. The van der Waals surface area contributed by atoms with Crippen molar-refractivity contribution in [1.82, 2.24) is 20.2 Å². The van der Waals surface area contributed by atoms with Gasteiger partial charge in [-0.2, -0.15) is 0 Å². The predicted molar refractivity (Wildman–Crippen MR) is 173 cm³/mol. The number of alkyl carbamates (subject to hydrolysis) is 1. The second-order valence-corrected chi connectivity index (χ2v) is 11.8. The minimum atomic E-state index is -1.11. The summed E-state index contributed by atoms with van der Waals surface area (Å²) < 4.78 is 12.0. The van der Waals surface area contributed by atoms with Gasteiger partial charge in [0.05, 0.1) is 32.1 Å². The zero-order valence-corrected chi connectivity index (χ0v) is 26.6. The van der Waals surface area contributed by atoms with Crippen LogP contribution in [0.15, 0.2) is 104 Å². The lowest BCUT2D eigenvalue weighted by molar-refractivity contribution is -0.141. The fourth-order valence-electron chi connectivity index (χ4n) is 5.25. The minimum Gasteiger partial charge on any atom is -0.469 e. The number of hydrogen-bond donors (Lipinski definition) is 2. The Hall–Kier alpha value is -5.25. The number of ketones is 1. The van der Waals surface area contributed by atoms with Gasteiger partial charge in [-0.25, -0.2) is 9.78 Å². The first-order valence-electron chi connectivity index (χ1n) is 15.1. The topological polar surface area (TPSA) is 129 Å². The SMILES string of the molecule is COC(=O)CCC(=O)CNC(=O)[C@H](Cc1cn(C(c2ccccc2)(c2ccccc2)c2ccccc2)cn1)NC(=O)OC(C)(C)C. The highest BCUT2D eigenvalue weighted by molar-refractivity contribution is 5.91. The van der Waals surface area contributed by atoms with E-state index in [-0.39, 0.29) is 31.6 Å². The Kier molecular flexibility index (Phi) is 11.1. The molecular formula is C36H40N4O6. The maximum Gasteiger partial charge on any atom is 0.408 e. The van der Waals surface area contributed by atoms with Crippen molar-refractivity contribution in [2.24, 2.45) is 0 Å². The third kappa shape index (κ3) is 8.47. The van der Waals surface area contributed by atoms with Gasteiger partial charge in [0, 0.05) is 19.0 Å². The van der Waals surface area contributed by atoms with Gasteiger partial charge in [0.1, 0.15) is 17.2 Å². The number of methoxy groups -OCH3 is 1. The van der Waals surface area contributed by atoms with E-state index in [1.807, 2.05) is 65.4 Å². The predicted octanol–water partition coefficient (Wildman–Crippen LogP) is 4.80. The van der Waals surface area contributed by atoms with Crippen molar-refractivity contribution in [2.45, 2.75) is 57.2 Å². The van der Waals surface area contributed by atoms with Crippen LogP contribution in [0.2, 0.25) is 0 Å². The number of carbonyl (C=O) groups is 4. The molecule has 4 rings (SSSR count). The number of imidazole rings is 1. The average molecular weight is 625 g/mol. The molecule has 1 heterocycles. The molecular weight excluding hydrogens is 584 g/mol. The molecule has 3 aromatic carbocycles. The van der Waals surface area contributed by atoms with Crippen LogP contribution < -0.4 is 10.6 Å². The Morgan fingerprint density at radius 1 is 0.804 bits per heavy atom. The summed E-state index contributed by atoms with van der Waals surface area (Å²) in [4.78, 5) is 54.6. The number of Topliss-reactive ketones (excluding diaryl/α,β-unsaturated/α-hetero) is 1. The molecule has 1 atom stereocenters. The van der Waals surface area contributed by atoms with Crippen molar-refractivity contribution in [3.63, 3.8) is 0 Å². The van der Waals surface area contributed by atoms with E-state index in [0.29, 0.717) is 5.69 Å². The summed E-state index contributed by atoms with van der Waals surface area (Å²) in [6.07, 6.45) is 2.66. The van der Waals surface area contributed by atoms with Gasteiger partial charge in [0.2, 0.25) is 5.91 Å². The van der Waals surface area contributed by atoms with Gasteiger partial charge in [-0.05, 0) is 37.5 Å². The molecule has 0 radical (unpaired) electrons. The second-order valence-electron chi connectivity index (χ2n) is 11.8. The average Bonchev–Trinajstić information content (AvgIpc) is 3.51. The van der Waals surface area contributed by atoms with E-state index < -0.39 is 35.2 Å². The first kappa shape index (κ1) is 33.6. The molecule has 0 aliphatic rings.